The number of carbonyl (C=O) groups excluding carboxylic acids is 3. The van der Waals surface area contributed by atoms with Crippen LogP contribution in [0.4, 0.5) is 0 Å². The number of nitrogens with zero attached hydrogens (tertiary/aromatic N) is 2. The number of amides is 3. The molecular weight excluding hydrogens is 568 g/mol. The summed E-state index contributed by atoms with van der Waals surface area (Å²) in [5.41, 5.74) is 4.11. The van der Waals surface area contributed by atoms with E-state index in [-0.39, 0.29) is 49.1 Å². The van der Waals surface area contributed by atoms with E-state index in [9.17, 15) is 24.3 Å². The number of carboxylic acids is 1. The Labute approximate surface area is 257 Å². The molecule has 1 aromatic heterocycles. The van der Waals surface area contributed by atoms with Gasteiger partial charge in [-0.05, 0) is 62.0 Å². The SMILES string of the molecule is Cc1ncsc1-c1ccc([C@H](C)NC(=O)[C@@H]2C[C@@H](O)CN2C(=O)[C@@H](NC(=O)[C@H]2CC[C@@H](CC(=O)O)CC2)C(C)(C)C)cc1. The van der Waals surface area contributed by atoms with E-state index < -0.39 is 35.5 Å². The lowest BCUT2D eigenvalue weighted by Gasteiger charge is -2.37. The summed E-state index contributed by atoms with van der Waals surface area (Å²) in [5.74, 6) is -2.03. The summed E-state index contributed by atoms with van der Waals surface area (Å²) in [6.07, 6.45) is 1.84. The third-order valence-electron chi connectivity index (χ3n) is 8.72. The average Bonchev–Trinajstić information content (AvgIpc) is 3.56. The Kier molecular flexibility index (Phi) is 10.3. The molecule has 1 aliphatic heterocycles. The number of aliphatic hydroxyl groups excluding tert-OH is 1. The van der Waals surface area contributed by atoms with Gasteiger partial charge < -0.3 is 25.7 Å². The lowest BCUT2D eigenvalue weighted by molar-refractivity contribution is -0.145. The summed E-state index contributed by atoms with van der Waals surface area (Å²) >= 11 is 1.58. The van der Waals surface area contributed by atoms with Crippen molar-refractivity contribution >= 4 is 35.0 Å². The molecule has 2 fully saturated rings. The second-order valence-electron chi connectivity index (χ2n) is 13.1. The van der Waals surface area contributed by atoms with Gasteiger partial charge >= 0.3 is 5.97 Å². The summed E-state index contributed by atoms with van der Waals surface area (Å²) in [5, 5.41) is 25.6. The van der Waals surface area contributed by atoms with Crippen LogP contribution in [0.5, 0.6) is 0 Å². The number of aromatic nitrogens is 1. The normalized spacial score (nSPS) is 23.8. The zero-order valence-corrected chi connectivity index (χ0v) is 26.4. The van der Waals surface area contributed by atoms with Crippen LogP contribution in [-0.4, -0.2) is 68.5 Å². The van der Waals surface area contributed by atoms with Gasteiger partial charge in [-0.15, -0.1) is 11.3 Å². The van der Waals surface area contributed by atoms with E-state index in [2.05, 4.69) is 15.6 Å². The first-order valence-electron chi connectivity index (χ1n) is 15.1. The average molecular weight is 613 g/mol. The molecule has 1 saturated carbocycles. The molecule has 2 aromatic rings. The molecule has 2 heterocycles. The molecule has 2 aliphatic rings. The summed E-state index contributed by atoms with van der Waals surface area (Å²) in [6, 6.07) is 5.85. The van der Waals surface area contributed by atoms with E-state index in [1.165, 1.54) is 4.90 Å². The predicted octanol–water partition coefficient (Wildman–Crippen LogP) is 4.07. The number of thiazole rings is 1. The number of aliphatic hydroxyl groups is 1. The quantitative estimate of drug-likeness (QED) is 0.334. The van der Waals surface area contributed by atoms with Crippen LogP contribution in [0.3, 0.4) is 0 Å². The number of carboxylic acid groups (broad SMARTS) is 1. The maximum atomic E-state index is 13.9. The van der Waals surface area contributed by atoms with E-state index in [1.807, 2.05) is 64.4 Å². The van der Waals surface area contributed by atoms with Crippen LogP contribution in [0.15, 0.2) is 29.8 Å². The van der Waals surface area contributed by atoms with Gasteiger partial charge in [0, 0.05) is 25.3 Å². The molecule has 1 saturated heterocycles. The van der Waals surface area contributed by atoms with Crippen LogP contribution in [0.2, 0.25) is 0 Å². The van der Waals surface area contributed by atoms with Gasteiger partial charge in [-0.1, -0.05) is 45.0 Å². The molecule has 10 nitrogen and oxygen atoms in total. The molecule has 4 atom stereocenters. The molecule has 11 heteroatoms. The van der Waals surface area contributed by atoms with Gasteiger partial charge in [0.25, 0.3) is 0 Å². The maximum absolute atomic E-state index is 13.9. The third-order valence-corrected chi connectivity index (χ3v) is 9.70. The van der Waals surface area contributed by atoms with E-state index in [4.69, 9.17) is 5.11 Å². The van der Waals surface area contributed by atoms with Crippen molar-refractivity contribution in [1.82, 2.24) is 20.5 Å². The van der Waals surface area contributed by atoms with Gasteiger partial charge in [0.1, 0.15) is 12.1 Å². The molecule has 0 spiro atoms. The van der Waals surface area contributed by atoms with Crippen molar-refractivity contribution in [2.45, 2.75) is 97.4 Å². The van der Waals surface area contributed by atoms with Crippen molar-refractivity contribution in [3.8, 4) is 10.4 Å². The Bertz CT molecular complexity index is 1310. The fourth-order valence-corrected chi connectivity index (χ4v) is 6.96. The standard InChI is InChI=1S/C32H44N4O6S/c1-18(21-10-12-22(13-11-21)27-19(2)33-17-43-27)34-30(41)25-15-24(37)16-36(25)31(42)28(32(3,4)5)35-29(40)23-8-6-20(7-9-23)14-26(38)39/h10-13,17-18,20,23-25,28,37H,6-9,14-16H2,1-5H3,(H,34,41)(H,35,40)(H,38,39)/t18-,20-,23+,24+,25-,28+/m0/s1. The Morgan fingerprint density at radius 3 is 2.26 bits per heavy atom. The van der Waals surface area contributed by atoms with Gasteiger partial charge in [0.15, 0.2) is 0 Å². The Morgan fingerprint density at radius 1 is 1.05 bits per heavy atom. The highest BCUT2D eigenvalue weighted by Gasteiger charge is 2.45. The first-order valence-corrected chi connectivity index (χ1v) is 15.9. The minimum absolute atomic E-state index is 0.0109. The summed E-state index contributed by atoms with van der Waals surface area (Å²) < 4.78 is 0. The number of aryl methyl sites for hydroxylation is 1. The highest BCUT2D eigenvalue weighted by molar-refractivity contribution is 7.13. The fourth-order valence-electron chi connectivity index (χ4n) is 6.15. The molecule has 0 bridgehead atoms. The molecule has 234 valence electrons. The van der Waals surface area contributed by atoms with Gasteiger partial charge in [0.05, 0.1) is 28.2 Å². The summed E-state index contributed by atoms with van der Waals surface area (Å²) in [7, 11) is 0. The molecule has 43 heavy (non-hydrogen) atoms. The number of aliphatic carboxylic acids is 1. The second-order valence-corrected chi connectivity index (χ2v) is 14.0. The second kappa shape index (κ2) is 13.5. The number of rotatable bonds is 9. The van der Waals surface area contributed by atoms with E-state index in [0.29, 0.717) is 25.7 Å². The molecule has 4 rings (SSSR count). The lowest BCUT2D eigenvalue weighted by Crippen LogP contribution is -2.58. The Balaban J connectivity index is 1.41. The first kappa shape index (κ1) is 32.6. The van der Waals surface area contributed by atoms with Crippen molar-refractivity contribution in [2.24, 2.45) is 17.3 Å². The molecular formula is C32H44N4O6S. The van der Waals surface area contributed by atoms with Crippen LogP contribution in [0, 0.1) is 24.2 Å². The minimum atomic E-state index is -0.891. The Hall–Kier alpha value is -3.31. The number of carbonyl (C=O) groups is 4. The van der Waals surface area contributed by atoms with Crippen molar-refractivity contribution in [3.05, 3.63) is 41.0 Å². The number of nitrogens with one attached hydrogen (secondary N) is 2. The molecule has 0 unspecified atom stereocenters. The van der Waals surface area contributed by atoms with E-state index >= 15 is 0 Å². The topological polar surface area (TPSA) is 149 Å². The minimum Gasteiger partial charge on any atom is -0.481 e. The van der Waals surface area contributed by atoms with Crippen molar-refractivity contribution < 1.29 is 29.4 Å². The lowest BCUT2D eigenvalue weighted by atomic mass is 9.79. The maximum Gasteiger partial charge on any atom is 0.303 e. The highest BCUT2D eigenvalue weighted by atomic mass is 32.1. The van der Waals surface area contributed by atoms with Crippen LogP contribution >= 0.6 is 11.3 Å². The molecule has 1 aromatic carbocycles. The number of hydrogen-bond acceptors (Lipinski definition) is 7. The monoisotopic (exact) mass is 612 g/mol. The number of hydrogen-bond donors (Lipinski definition) is 4. The highest BCUT2D eigenvalue weighted by Crippen LogP contribution is 2.33. The molecule has 4 N–H and O–H groups in total. The largest absolute Gasteiger partial charge is 0.481 e. The van der Waals surface area contributed by atoms with Gasteiger partial charge in [0.2, 0.25) is 17.7 Å². The first-order chi connectivity index (χ1) is 20.2. The zero-order chi connectivity index (χ0) is 31.5. The van der Waals surface area contributed by atoms with Gasteiger partial charge in [-0.25, -0.2) is 4.98 Å². The summed E-state index contributed by atoms with van der Waals surface area (Å²) in [6.45, 7) is 9.45. The van der Waals surface area contributed by atoms with Gasteiger partial charge in [-0.3, -0.25) is 19.2 Å². The molecule has 1 aliphatic carbocycles. The molecule has 0 radical (unpaired) electrons. The van der Waals surface area contributed by atoms with Crippen molar-refractivity contribution in [2.75, 3.05) is 6.54 Å². The van der Waals surface area contributed by atoms with E-state index in [0.717, 1.165) is 21.7 Å². The predicted molar refractivity (Wildman–Crippen MR) is 164 cm³/mol. The van der Waals surface area contributed by atoms with Crippen LogP contribution in [0.25, 0.3) is 10.4 Å². The van der Waals surface area contributed by atoms with Crippen molar-refractivity contribution in [1.29, 1.82) is 0 Å². The smallest absolute Gasteiger partial charge is 0.303 e. The van der Waals surface area contributed by atoms with Crippen molar-refractivity contribution in [3.63, 3.8) is 0 Å². The zero-order valence-electron chi connectivity index (χ0n) is 25.6. The molecule has 3 amide bonds. The Morgan fingerprint density at radius 2 is 1.70 bits per heavy atom. The van der Waals surface area contributed by atoms with Crippen LogP contribution in [0.1, 0.15) is 83.5 Å². The number of benzene rings is 1. The number of β-amino-alcohol motifs (C(OH)–C–C–N with tert-alkyl or cyclic N) is 1. The van der Waals surface area contributed by atoms with Crippen LogP contribution in [-0.2, 0) is 19.2 Å². The summed E-state index contributed by atoms with van der Waals surface area (Å²) in [4.78, 5) is 58.6. The van der Waals surface area contributed by atoms with Gasteiger partial charge in [-0.2, -0.15) is 0 Å². The fraction of sp³-hybridized carbons (Fsp3) is 0.594. The number of likely N-dealkylation sites (tertiary alicyclic amines) is 1. The third kappa shape index (κ3) is 8.00. The van der Waals surface area contributed by atoms with E-state index in [1.54, 1.807) is 11.3 Å². The van der Waals surface area contributed by atoms with Crippen LogP contribution < -0.4 is 10.6 Å².